The van der Waals surface area contributed by atoms with E-state index in [0.717, 1.165) is 9.21 Å². The van der Waals surface area contributed by atoms with Gasteiger partial charge in [0.2, 0.25) is 15.9 Å². The average molecular weight is 499 g/mol. The molecule has 2 amide bonds. The van der Waals surface area contributed by atoms with Gasteiger partial charge in [0.05, 0.1) is 36.9 Å². The van der Waals surface area contributed by atoms with Gasteiger partial charge >= 0.3 is 5.97 Å². The molecule has 1 fully saturated rings. The number of methoxy groups -OCH3 is 1. The first-order valence-electron chi connectivity index (χ1n) is 10.5. The number of imide groups is 1. The summed E-state index contributed by atoms with van der Waals surface area (Å²) in [5.74, 6) is -0.737. The van der Waals surface area contributed by atoms with Crippen LogP contribution in [0.5, 0.6) is 11.5 Å². The number of amides is 2. The average Bonchev–Trinajstić information content (AvgIpc) is 3.45. The number of carbonyl (C=O) groups is 3. The number of hydrogen-bond acceptors (Lipinski definition) is 8. The molecule has 11 heteroatoms. The van der Waals surface area contributed by atoms with Crippen molar-refractivity contribution in [3.05, 3.63) is 72.7 Å². The van der Waals surface area contributed by atoms with Gasteiger partial charge in [-0.1, -0.05) is 0 Å². The molecule has 10 nitrogen and oxygen atoms in total. The van der Waals surface area contributed by atoms with Gasteiger partial charge in [0.15, 0.2) is 0 Å². The summed E-state index contributed by atoms with van der Waals surface area (Å²) in [5, 5.41) is 0. The molecule has 1 saturated heterocycles. The molecule has 1 aliphatic heterocycles. The van der Waals surface area contributed by atoms with E-state index in [0.29, 0.717) is 11.5 Å². The zero-order chi connectivity index (χ0) is 25.2. The fraction of sp³-hybridized carbons (Fsp3) is 0.208. The van der Waals surface area contributed by atoms with Crippen LogP contribution in [-0.2, 0) is 31.0 Å². The first kappa shape index (κ1) is 24.2. The molecule has 35 heavy (non-hydrogen) atoms. The summed E-state index contributed by atoms with van der Waals surface area (Å²) in [6, 6.07) is 13.4. The molecule has 0 spiro atoms. The Balaban J connectivity index is 1.67. The summed E-state index contributed by atoms with van der Waals surface area (Å²) < 4.78 is 43.6. The van der Waals surface area contributed by atoms with Crippen molar-refractivity contribution in [3.8, 4) is 11.5 Å². The van der Waals surface area contributed by atoms with Crippen molar-refractivity contribution in [1.29, 1.82) is 0 Å². The topological polar surface area (TPSA) is 123 Å². The second-order valence-electron chi connectivity index (χ2n) is 7.68. The first-order valence-corrected chi connectivity index (χ1v) is 12.0. The fourth-order valence-electron chi connectivity index (χ4n) is 3.74. The van der Waals surface area contributed by atoms with Crippen LogP contribution in [0.2, 0.25) is 0 Å². The zero-order valence-electron chi connectivity index (χ0n) is 18.9. The van der Waals surface area contributed by atoms with Gasteiger partial charge in [-0.2, -0.15) is 4.31 Å². The largest absolute Gasteiger partial charge is 0.497 e. The molecule has 0 saturated carbocycles. The smallest absolute Gasteiger partial charge is 0.308 e. The summed E-state index contributed by atoms with van der Waals surface area (Å²) in [6.45, 7) is 1.01. The van der Waals surface area contributed by atoms with Crippen molar-refractivity contribution in [2.45, 2.75) is 30.8 Å². The Morgan fingerprint density at radius 2 is 1.71 bits per heavy atom. The molecule has 3 aromatic rings. The number of carbonyl (C=O) groups excluding carboxylic acids is 3. The minimum absolute atomic E-state index is 0.0608. The molecule has 1 aliphatic rings. The molecule has 1 aromatic heterocycles. The molecule has 2 heterocycles. The minimum atomic E-state index is -4.21. The van der Waals surface area contributed by atoms with Gasteiger partial charge in [0, 0.05) is 6.92 Å². The van der Waals surface area contributed by atoms with Gasteiger partial charge in [-0.25, -0.2) is 13.3 Å². The Bertz CT molecular complexity index is 1330. The third kappa shape index (κ3) is 4.96. The molecule has 4 rings (SSSR count). The highest BCUT2D eigenvalue weighted by Gasteiger charge is 2.47. The summed E-state index contributed by atoms with van der Waals surface area (Å²) >= 11 is 0. The monoisotopic (exact) mass is 498 g/mol. The van der Waals surface area contributed by atoms with Gasteiger partial charge in [0.25, 0.3) is 5.91 Å². The van der Waals surface area contributed by atoms with Crippen molar-refractivity contribution < 1.29 is 36.7 Å². The van der Waals surface area contributed by atoms with E-state index in [-0.39, 0.29) is 29.3 Å². The van der Waals surface area contributed by atoms with Gasteiger partial charge in [-0.3, -0.25) is 14.4 Å². The number of rotatable bonds is 8. The van der Waals surface area contributed by atoms with Crippen LogP contribution in [0, 0.1) is 0 Å². The minimum Gasteiger partial charge on any atom is -0.497 e. The summed E-state index contributed by atoms with van der Waals surface area (Å²) in [6.07, 6.45) is 1.05. The summed E-state index contributed by atoms with van der Waals surface area (Å²) in [4.78, 5) is 38.3. The van der Waals surface area contributed by atoms with Crippen molar-refractivity contribution in [1.82, 2.24) is 4.31 Å². The second-order valence-corrected chi connectivity index (χ2v) is 9.57. The normalized spacial score (nSPS) is 16.1. The maximum absolute atomic E-state index is 13.6. The number of benzene rings is 2. The quantitative estimate of drug-likeness (QED) is 0.264. The zero-order valence-corrected chi connectivity index (χ0v) is 19.7. The highest BCUT2D eigenvalue weighted by Crippen LogP contribution is 2.32. The summed E-state index contributed by atoms with van der Waals surface area (Å²) in [7, 11) is -2.75. The molecule has 1 unspecified atom stereocenters. The standard InChI is InChI=1S/C24H22N2O8S/c1-16(27)34-19-7-5-17(6-8-19)26-23(28)14-22(24(26)29)25(15-20-4-3-13-33-20)35(30,31)21-11-9-18(32-2)10-12-21/h3-13,22H,14-15H2,1-2H3. The Labute approximate surface area is 201 Å². The van der Waals surface area contributed by atoms with Crippen LogP contribution in [0.15, 0.2) is 76.2 Å². The second kappa shape index (κ2) is 9.72. The van der Waals surface area contributed by atoms with Gasteiger partial charge in [-0.05, 0) is 60.7 Å². The van der Waals surface area contributed by atoms with E-state index in [9.17, 15) is 22.8 Å². The fourth-order valence-corrected chi connectivity index (χ4v) is 5.29. The third-order valence-electron chi connectivity index (χ3n) is 5.38. The Morgan fingerprint density at radius 1 is 1.06 bits per heavy atom. The lowest BCUT2D eigenvalue weighted by atomic mass is 10.2. The number of sulfonamides is 1. The third-order valence-corrected chi connectivity index (χ3v) is 7.25. The van der Waals surface area contributed by atoms with E-state index in [1.54, 1.807) is 12.1 Å². The van der Waals surface area contributed by atoms with Crippen LogP contribution < -0.4 is 14.4 Å². The van der Waals surface area contributed by atoms with Crippen molar-refractivity contribution in [2.75, 3.05) is 12.0 Å². The molecular formula is C24H22N2O8S. The Hall–Kier alpha value is -3.96. The molecule has 0 aliphatic carbocycles. The van der Waals surface area contributed by atoms with Crippen LogP contribution in [0.1, 0.15) is 19.1 Å². The van der Waals surface area contributed by atoms with E-state index < -0.39 is 33.8 Å². The highest BCUT2D eigenvalue weighted by molar-refractivity contribution is 7.89. The number of esters is 1. The maximum Gasteiger partial charge on any atom is 0.308 e. The Kier molecular flexibility index (Phi) is 6.72. The molecule has 0 N–H and O–H groups in total. The van der Waals surface area contributed by atoms with Gasteiger partial charge in [0.1, 0.15) is 23.3 Å². The van der Waals surface area contributed by atoms with Crippen LogP contribution in [0.3, 0.4) is 0 Å². The van der Waals surface area contributed by atoms with Crippen LogP contribution >= 0.6 is 0 Å². The van der Waals surface area contributed by atoms with E-state index in [4.69, 9.17) is 13.9 Å². The van der Waals surface area contributed by atoms with Crippen LogP contribution in [0.4, 0.5) is 5.69 Å². The van der Waals surface area contributed by atoms with Crippen molar-refractivity contribution >= 4 is 33.5 Å². The number of nitrogens with zero attached hydrogens (tertiary/aromatic N) is 2. The Morgan fingerprint density at radius 3 is 2.29 bits per heavy atom. The lowest BCUT2D eigenvalue weighted by Crippen LogP contribution is -2.45. The van der Waals surface area contributed by atoms with Crippen LogP contribution in [-0.4, -0.2) is 43.7 Å². The number of hydrogen-bond donors (Lipinski definition) is 0. The number of anilines is 1. The molecule has 0 bridgehead atoms. The number of ether oxygens (including phenoxy) is 2. The predicted molar refractivity (Wildman–Crippen MR) is 123 cm³/mol. The highest BCUT2D eigenvalue weighted by atomic mass is 32.2. The number of furan rings is 1. The molecule has 0 radical (unpaired) electrons. The van der Waals surface area contributed by atoms with Crippen molar-refractivity contribution in [2.24, 2.45) is 0 Å². The SMILES string of the molecule is COc1ccc(S(=O)(=O)N(Cc2ccco2)C2CC(=O)N(c3ccc(OC(C)=O)cc3)C2=O)cc1. The maximum atomic E-state index is 13.6. The first-order chi connectivity index (χ1) is 16.7. The molecule has 2 aromatic carbocycles. The van der Waals surface area contributed by atoms with E-state index in [1.165, 1.54) is 68.8 Å². The van der Waals surface area contributed by atoms with Gasteiger partial charge < -0.3 is 13.9 Å². The lowest BCUT2D eigenvalue weighted by Gasteiger charge is -2.26. The predicted octanol–water partition coefficient (Wildman–Crippen LogP) is 2.74. The molecule has 1 atom stereocenters. The van der Waals surface area contributed by atoms with E-state index >= 15 is 0 Å². The van der Waals surface area contributed by atoms with E-state index in [1.807, 2.05) is 0 Å². The summed E-state index contributed by atoms with van der Waals surface area (Å²) in [5.41, 5.74) is 0.234. The van der Waals surface area contributed by atoms with Crippen molar-refractivity contribution in [3.63, 3.8) is 0 Å². The van der Waals surface area contributed by atoms with Gasteiger partial charge in [-0.15, -0.1) is 0 Å². The van der Waals surface area contributed by atoms with E-state index in [2.05, 4.69) is 0 Å². The lowest BCUT2D eigenvalue weighted by molar-refractivity contribution is -0.132. The molecule has 182 valence electrons. The molecular weight excluding hydrogens is 476 g/mol. The van der Waals surface area contributed by atoms with Crippen LogP contribution in [0.25, 0.3) is 0 Å².